The lowest BCUT2D eigenvalue weighted by Gasteiger charge is -2.19. The number of hydrogen-bond donors (Lipinski definition) is 0. The van der Waals surface area contributed by atoms with E-state index in [-0.39, 0.29) is 19.1 Å². The average Bonchev–Trinajstić information content (AvgIpc) is 3.29. The maximum absolute atomic E-state index is 12.6. The summed E-state index contributed by atoms with van der Waals surface area (Å²) >= 11 is 0. The highest BCUT2D eigenvalue weighted by Gasteiger charge is 2.18. The van der Waals surface area contributed by atoms with Crippen LogP contribution in [0.2, 0.25) is 0 Å². The van der Waals surface area contributed by atoms with E-state index in [1.165, 1.54) is 5.56 Å². The third-order valence-corrected chi connectivity index (χ3v) is 4.86. The molecule has 3 rings (SSSR count). The zero-order valence-corrected chi connectivity index (χ0v) is 18.3. The molecule has 0 aliphatic heterocycles. The lowest BCUT2D eigenvalue weighted by atomic mass is 10.2. The van der Waals surface area contributed by atoms with Crippen molar-refractivity contribution in [1.82, 2.24) is 15.0 Å². The highest BCUT2D eigenvalue weighted by atomic mass is 16.5. The van der Waals surface area contributed by atoms with Gasteiger partial charge in [0.15, 0.2) is 18.1 Å². The molecule has 1 amide bonds. The largest absolute Gasteiger partial charge is 0.493 e. The number of rotatable bonds is 10. The number of aromatic nitrogens is 2. The number of carbonyl (C=O) groups is 1. The Balaban J connectivity index is 1.62. The Hall–Kier alpha value is -3.55. The van der Waals surface area contributed by atoms with Crippen LogP contribution in [0.4, 0.5) is 0 Å². The van der Waals surface area contributed by atoms with Crippen molar-refractivity contribution < 1.29 is 23.5 Å². The molecule has 3 aromatic rings. The smallest absolute Gasteiger partial charge is 0.260 e. The Morgan fingerprint density at radius 2 is 1.77 bits per heavy atom. The van der Waals surface area contributed by atoms with Gasteiger partial charge in [0.2, 0.25) is 11.7 Å². The van der Waals surface area contributed by atoms with E-state index in [9.17, 15) is 4.79 Å². The van der Waals surface area contributed by atoms with Gasteiger partial charge in [-0.25, -0.2) is 0 Å². The van der Waals surface area contributed by atoms with Crippen molar-refractivity contribution in [1.29, 1.82) is 0 Å². The molecule has 164 valence electrons. The van der Waals surface area contributed by atoms with Gasteiger partial charge in [-0.2, -0.15) is 4.98 Å². The summed E-state index contributed by atoms with van der Waals surface area (Å²) < 4.78 is 21.5. The van der Waals surface area contributed by atoms with Gasteiger partial charge >= 0.3 is 0 Å². The van der Waals surface area contributed by atoms with Gasteiger partial charge < -0.3 is 23.6 Å². The van der Waals surface area contributed by atoms with Crippen molar-refractivity contribution in [3.8, 4) is 28.6 Å². The van der Waals surface area contributed by atoms with Crippen molar-refractivity contribution in [2.45, 2.75) is 26.8 Å². The fourth-order valence-electron chi connectivity index (χ4n) is 3.01. The summed E-state index contributed by atoms with van der Waals surface area (Å²) in [5, 5.41) is 4.02. The summed E-state index contributed by atoms with van der Waals surface area (Å²) in [6, 6.07) is 13.1. The highest BCUT2D eigenvalue weighted by molar-refractivity contribution is 5.77. The minimum Gasteiger partial charge on any atom is -0.493 e. The van der Waals surface area contributed by atoms with Crippen molar-refractivity contribution in [3.63, 3.8) is 0 Å². The van der Waals surface area contributed by atoms with Crippen LogP contribution in [-0.2, 0) is 17.8 Å². The zero-order valence-electron chi connectivity index (χ0n) is 18.3. The molecule has 0 N–H and O–H groups in total. The normalized spacial score (nSPS) is 10.6. The quantitative estimate of drug-likeness (QED) is 0.489. The van der Waals surface area contributed by atoms with E-state index >= 15 is 0 Å². The van der Waals surface area contributed by atoms with Crippen LogP contribution in [0.15, 0.2) is 47.0 Å². The molecule has 31 heavy (non-hydrogen) atoms. The lowest BCUT2D eigenvalue weighted by Crippen LogP contribution is -2.34. The molecule has 8 nitrogen and oxygen atoms in total. The zero-order chi connectivity index (χ0) is 22.2. The van der Waals surface area contributed by atoms with E-state index < -0.39 is 0 Å². The van der Waals surface area contributed by atoms with Gasteiger partial charge in [0.25, 0.3) is 5.91 Å². The predicted octanol–water partition coefficient (Wildman–Crippen LogP) is 3.74. The number of ether oxygens (including phenoxy) is 3. The van der Waals surface area contributed by atoms with Gasteiger partial charge in [0.05, 0.1) is 14.2 Å². The molecule has 0 unspecified atom stereocenters. The Labute approximate surface area is 181 Å². The van der Waals surface area contributed by atoms with Gasteiger partial charge in [0.1, 0.15) is 12.3 Å². The highest BCUT2D eigenvalue weighted by Crippen LogP contribution is 2.31. The van der Waals surface area contributed by atoms with E-state index in [1.54, 1.807) is 31.3 Å². The molecule has 0 bridgehead atoms. The fourth-order valence-corrected chi connectivity index (χ4v) is 3.01. The molecule has 0 spiro atoms. The number of nitrogens with zero attached hydrogens (tertiary/aromatic N) is 3. The average molecular weight is 425 g/mol. The van der Waals surface area contributed by atoms with Crippen molar-refractivity contribution in [2.75, 3.05) is 27.4 Å². The Morgan fingerprint density at radius 1 is 1.03 bits per heavy atom. The second-order valence-corrected chi connectivity index (χ2v) is 6.78. The maximum atomic E-state index is 12.6. The lowest BCUT2D eigenvalue weighted by molar-refractivity contribution is -0.134. The molecule has 0 aliphatic rings. The van der Waals surface area contributed by atoms with Crippen LogP contribution in [0.5, 0.6) is 17.2 Å². The number of methoxy groups -OCH3 is 2. The Kier molecular flexibility index (Phi) is 7.48. The van der Waals surface area contributed by atoms with Crippen molar-refractivity contribution in [2.24, 2.45) is 0 Å². The minimum absolute atomic E-state index is 0.0595. The van der Waals surface area contributed by atoms with Crippen molar-refractivity contribution >= 4 is 5.91 Å². The number of benzene rings is 2. The molecule has 0 aliphatic carbocycles. The molecule has 0 saturated carbocycles. The molecule has 0 fully saturated rings. The summed E-state index contributed by atoms with van der Waals surface area (Å²) in [4.78, 5) is 18.6. The van der Waals surface area contributed by atoms with Crippen LogP contribution in [-0.4, -0.2) is 48.3 Å². The maximum Gasteiger partial charge on any atom is 0.260 e. The second kappa shape index (κ2) is 10.5. The molecule has 1 aromatic heterocycles. The Morgan fingerprint density at radius 3 is 2.42 bits per heavy atom. The molecule has 1 heterocycles. The first-order chi connectivity index (χ1) is 15.1. The van der Waals surface area contributed by atoms with Crippen LogP contribution in [0, 0.1) is 0 Å². The fraction of sp³-hybridized carbons (Fsp3) is 0.348. The van der Waals surface area contributed by atoms with Gasteiger partial charge in [-0.1, -0.05) is 24.2 Å². The Bertz CT molecular complexity index is 1000. The molecular weight excluding hydrogens is 398 g/mol. The second-order valence-electron chi connectivity index (χ2n) is 6.78. The van der Waals surface area contributed by atoms with E-state index in [0.29, 0.717) is 35.5 Å². The molecule has 0 atom stereocenters. The topological polar surface area (TPSA) is 86.9 Å². The summed E-state index contributed by atoms with van der Waals surface area (Å²) in [5.74, 6) is 2.44. The van der Waals surface area contributed by atoms with Gasteiger partial charge in [-0.3, -0.25) is 4.79 Å². The molecule has 8 heteroatoms. The number of likely N-dealkylation sites (N-methyl/N-ethyl adjacent to an activating group) is 1. The van der Waals surface area contributed by atoms with Crippen LogP contribution in [0.3, 0.4) is 0 Å². The number of amides is 1. The monoisotopic (exact) mass is 425 g/mol. The van der Waals surface area contributed by atoms with Crippen LogP contribution < -0.4 is 14.2 Å². The summed E-state index contributed by atoms with van der Waals surface area (Å²) in [5.41, 5.74) is 1.94. The minimum atomic E-state index is -0.159. The van der Waals surface area contributed by atoms with E-state index in [4.69, 9.17) is 18.7 Å². The summed E-state index contributed by atoms with van der Waals surface area (Å²) in [6.45, 7) is 4.61. The predicted molar refractivity (Wildman–Crippen MR) is 115 cm³/mol. The number of aryl methyl sites for hydroxylation is 1. The van der Waals surface area contributed by atoms with Crippen LogP contribution >= 0.6 is 0 Å². The summed E-state index contributed by atoms with van der Waals surface area (Å²) in [7, 11) is 3.14. The molecular formula is C23H27N3O5. The SMILES string of the molecule is CCc1ccc(OCC(=O)N(CC)Cc2nc(-c3ccc(OC)c(OC)c3)no2)cc1. The molecule has 2 aromatic carbocycles. The molecule has 0 radical (unpaired) electrons. The first-order valence-electron chi connectivity index (χ1n) is 10.1. The number of carbonyl (C=O) groups excluding carboxylic acids is 1. The van der Waals surface area contributed by atoms with E-state index in [1.807, 2.05) is 37.3 Å². The third-order valence-electron chi connectivity index (χ3n) is 4.86. The van der Waals surface area contributed by atoms with Crippen LogP contribution in [0.25, 0.3) is 11.4 Å². The molecule has 0 saturated heterocycles. The first kappa shape index (κ1) is 22.1. The van der Waals surface area contributed by atoms with Crippen LogP contribution in [0.1, 0.15) is 25.3 Å². The third kappa shape index (κ3) is 5.53. The van der Waals surface area contributed by atoms with E-state index in [0.717, 1.165) is 12.0 Å². The summed E-state index contributed by atoms with van der Waals surface area (Å²) in [6.07, 6.45) is 0.957. The van der Waals surface area contributed by atoms with Crippen molar-refractivity contribution in [3.05, 3.63) is 53.9 Å². The first-order valence-corrected chi connectivity index (χ1v) is 10.1. The van der Waals surface area contributed by atoms with Gasteiger partial charge in [-0.05, 0) is 49.2 Å². The van der Waals surface area contributed by atoms with Gasteiger partial charge in [-0.15, -0.1) is 0 Å². The standard InChI is InChI=1S/C23H27N3O5/c1-5-16-7-10-18(11-8-16)30-15-22(27)26(6-2)14-21-24-23(25-31-21)17-9-12-19(28-3)20(13-17)29-4/h7-13H,5-6,14-15H2,1-4H3. The number of hydrogen-bond acceptors (Lipinski definition) is 7. The van der Waals surface area contributed by atoms with Gasteiger partial charge in [0, 0.05) is 12.1 Å². The van der Waals surface area contributed by atoms with E-state index in [2.05, 4.69) is 17.1 Å².